The van der Waals surface area contributed by atoms with E-state index in [0.29, 0.717) is 43.3 Å². The molecule has 31 heavy (non-hydrogen) atoms. The molecule has 7 nitrogen and oxygen atoms in total. The van der Waals surface area contributed by atoms with E-state index in [0.717, 1.165) is 18.2 Å². The zero-order valence-electron chi connectivity index (χ0n) is 16.5. The Hall–Kier alpha value is -3.46. The van der Waals surface area contributed by atoms with Gasteiger partial charge in [-0.2, -0.15) is 0 Å². The number of nitrogens with zero attached hydrogens (tertiary/aromatic N) is 1. The lowest BCUT2D eigenvalue weighted by molar-refractivity contribution is 0.0697. The number of aromatic carboxylic acids is 1. The van der Waals surface area contributed by atoms with Gasteiger partial charge in [0.1, 0.15) is 17.2 Å². The van der Waals surface area contributed by atoms with Crippen molar-refractivity contribution in [1.82, 2.24) is 0 Å². The van der Waals surface area contributed by atoms with Crippen molar-refractivity contribution >= 4 is 28.5 Å². The summed E-state index contributed by atoms with van der Waals surface area (Å²) in [6.07, 6.45) is 0.269. The number of carbonyl (C=O) groups is 1. The molecule has 0 radical (unpaired) electrons. The molecule has 0 bridgehead atoms. The minimum Gasteiger partial charge on any atom is -0.478 e. The molecule has 9 heteroatoms. The number of rotatable bonds is 6. The van der Waals surface area contributed by atoms with E-state index in [2.05, 4.69) is 5.32 Å². The summed E-state index contributed by atoms with van der Waals surface area (Å²) >= 11 is 0. The fraction of sp³-hybridized carbons (Fsp3) is 0.273. The third kappa shape index (κ3) is 4.66. The van der Waals surface area contributed by atoms with Crippen molar-refractivity contribution in [3.05, 3.63) is 69.4 Å². The Labute approximate surface area is 175 Å². The molecule has 1 aliphatic rings. The van der Waals surface area contributed by atoms with Gasteiger partial charge >= 0.3 is 5.97 Å². The highest BCUT2D eigenvalue weighted by atomic mass is 19.1. The van der Waals surface area contributed by atoms with Crippen molar-refractivity contribution < 1.29 is 27.8 Å². The maximum absolute atomic E-state index is 13.4. The Bertz CT molecular complexity index is 1170. The average Bonchev–Trinajstić information content (AvgIpc) is 2.73. The van der Waals surface area contributed by atoms with Gasteiger partial charge in [-0.3, -0.25) is 4.79 Å². The third-order valence-corrected chi connectivity index (χ3v) is 5.05. The molecule has 4 rings (SSSR count). The first-order valence-corrected chi connectivity index (χ1v) is 9.77. The number of morpholine rings is 1. The first-order chi connectivity index (χ1) is 14.9. The van der Waals surface area contributed by atoms with Crippen molar-refractivity contribution in [2.45, 2.75) is 6.42 Å². The number of carboxylic acid groups (broad SMARTS) is 1. The van der Waals surface area contributed by atoms with Crippen LogP contribution in [0, 0.1) is 11.6 Å². The molecule has 2 heterocycles. The summed E-state index contributed by atoms with van der Waals surface area (Å²) in [5.41, 5.74) is 0.683. The second-order valence-electron chi connectivity index (χ2n) is 7.20. The fourth-order valence-corrected chi connectivity index (χ4v) is 3.56. The zero-order chi connectivity index (χ0) is 22.0. The molecule has 162 valence electrons. The predicted octanol–water partition coefficient (Wildman–Crippen LogP) is 3.26. The van der Waals surface area contributed by atoms with Crippen LogP contribution in [0.1, 0.15) is 15.9 Å². The van der Waals surface area contributed by atoms with E-state index in [4.69, 9.17) is 9.15 Å². The highest BCUT2D eigenvalue weighted by Gasteiger charge is 2.19. The molecule has 3 aromatic rings. The van der Waals surface area contributed by atoms with Gasteiger partial charge in [-0.25, -0.2) is 13.6 Å². The van der Waals surface area contributed by atoms with E-state index in [1.807, 2.05) is 4.90 Å². The van der Waals surface area contributed by atoms with Crippen LogP contribution in [0.2, 0.25) is 0 Å². The Morgan fingerprint density at radius 3 is 2.45 bits per heavy atom. The van der Waals surface area contributed by atoms with Gasteiger partial charge in [0.05, 0.1) is 24.2 Å². The van der Waals surface area contributed by atoms with Gasteiger partial charge in [-0.1, -0.05) is 0 Å². The number of nitrogens with one attached hydrogen (secondary N) is 1. The first kappa shape index (κ1) is 20.8. The van der Waals surface area contributed by atoms with Crippen molar-refractivity contribution in [2.24, 2.45) is 0 Å². The second kappa shape index (κ2) is 8.73. The Balaban J connectivity index is 1.68. The van der Waals surface area contributed by atoms with E-state index in [1.165, 1.54) is 18.2 Å². The quantitative estimate of drug-likeness (QED) is 0.620. The molecule has 0 unspecified atom stereocenters. The Kier molecular flexibility index (Phi) is 5.85. The molecule has 2 N–H and O–H groups in total. The highest BCUT2D eigenvalue weighted by molar-refractivity contribution is 5.94. The van der Waals surface area contributed by atoms with Gasteiger partial charge in [0.25, 0.3) is 0 Å². The van der Waals surface area contributed by atoms with Gasteiger partial charge < -0.3 is 24.5 Å². The van der Waals surface area contributed by atoms with Crippen LogP contribution in [0.15, 0.2) is 45.6 Å². The first-order valence-electron chi connectivity index (χ1n) is 9.77. The van der Waals surface area contributed by atoms with Crippen molar-refractivity contribution in [3.63, 3.8) is 0 Å². The Morgan fingerprint density at radius 2 is 1.77 bits per heavy atom. The van der Waals surface area contributed by atoms with Crippen LogP contribution in [-0.2, 0) is 11.2 Å². The van der Waals surface area contributed by atoms with Crippen molar-refractivity contribution in [2.75, 3.05) is 43.1 Å². The average molecular weight is 430 g/mol. The number of hydrogen-bond acceptors (Lipinski definition) is 6. The van der Waals surface area contributed by atoms with Crippen LogP contribution in [-0.4, -0.2) is 43.9 Å². The molecule has 0 aliphatic carbocycles. The van der Waals surface area contributed by atoms with Crippen molar-refractivity contribution in [1.29, 1.82) is 0 Å². The lowest BCUT2D eigenvalue weighted by atomic mass is 10.0. The molecule has 0 atom stereocenters. The Morgan fingerprint density at radius 1 is 1.06 bits per heavy atom. The third-order valence-electron chi connectivity index (χ3n) is 5.05. The van der Waals surface area contributed by atoms with Gasteiger partial charge in [-0.05, 0) is 36.2 Å². The smallest absolute Gasteiger partial charge is 0.335 e. The van der Waals surface area contributed by atoms with Crippen LogP contribution in [0.5, 0.6) is 0 Å². The number of halogens is 2. The summed E-state index contributed by atoms with van der Waals surface area (Å²) in [5, 5.41) is 12.5. The lowest BCUT2D eigenvalue weighted by Gasteiger charge is -2.27. The minimum absolute atomic E-state index is 0.0364. The molecular weight excluding hydrogens is 410 g/mol. The maximum Gasteiger partial charge on any atom is 0.335 e. The van der Waals surface area contributed by atoms with E-state index >= 15 is 0 Å². The predicted molar refractivity (Wildman–Crippen MR) is 111 cm³/mol. The summed E-state index contributed by atoms with van der Waals surface area (Å²) in [5.74, 6) is -2.19. The summed E-state index contributed by atoms with van der Waals surface area (Å²) in [6, 6.07) is 7.20. The summed E-state index contributed by atoms with van der Waals surface area (Å²) < 4.78 is 38.1. The number of carboxylic acids is 1. The van der Waals surface area contributed by atoms with Crippen LogP contribution < -0.4 is 15.6 Å². The van der Waals surface area contributed by atoms with E-state index in [1.54, 1.807) is 0 Å². The van der Waals surface area contributed by atoms with E-state index in [-0.39, 0.29) is 35.0 Å². The van der Waals surface area contributed by atoms with E-state index < -0.39 is 17.6 Å². The summed E-state index contributed by atoms with van der Waals surface area (Å²) in [6.45, 7) is 2.42. The summed E-state index contributed by atoms with van der Waals surface area (Å²) in [4.78, 5) is 26.2. The SMILES string of the molecule is O=C(O)c1cc(CCNc2cc(F)cc(F)c2)c2oc(N3CCOCC3)cc(=O)c2c1. The second-order valence-corrected chi connectivity index (χ2v) is 7.20. The molecule has 1 aliphatic heterocycles. The molecule has 2 aromatic carbocycles. The normalized spacial score (nSPS) is 14.1. The number of anilines is 2. The van der Waals surface area contributed by atoms with Crippen LogP contribution in [0.25, 0.3) is 11.0 Å². The highest BCUT2D eigenvalue weighted by Crippen LogP contribution is 2.25. The fourth-order valence-electron chi connectivity index (χ4n) is 3.56. The summed E-state index contributed by atoms with van der Waals surface area (Å²) in [7, 11) is 0. The molecule has 0 spiro atoms. The lowest BCUT2D eigenvalue weighted by Crippen LogP contribution is -2.36. The van der Waals surface area contributed by atoms with E-state index in [9.17, 15) is 23.5 Å². The maximum atomic E-state index is 13.4. The van der Waals surface area contributed by atoms with Crippen molar-refractivity contribution in [3.8, 4) is 0 Å². The van der Waals surface area contributed by atoms with Gasteiger partial charge in [0.2, 0.25) is 0 Å². The molecule has 1 aromatic heterocycles. The minimum atomic E-state index is -1.17. The molecule has 0 amide bonds. The number of ether oxygens (including phenoxy) is 1. The monoisotopic (exact) mass is 430 g/mol. The van der Waals surface area contributed by atoms with Gasteiger partial charge in [0, 0.05) is 37.5 Å². The standard InChI is InChI=1S/C22H20F2N2O5/c23-15-9-16(24)11-17(10-15)25-2-1-13-7-14(22(28)29)8-18-19(27)12-20(31-21(13)18)26-3-5-30-6-4-26/h7-12,25H,1-6H2,(H,28,29). The molecular formula is C22H20F2N2O5. The molecule has 0 saturated carbocycles. The van der Waals surface area contributed by atoms with Crippen LogP contribution in [0.3, 0.4) is 0 Å². The van der Waals surface area contributed by atoms with Gasteiger partial charge in [-0.15, -0.1) is 0 Å². The van der Waals surface area contributed by atoms with Gasteiger partial charge in [0.15, 0.2) is 11.3 Å². The number of benzene rings is 2. The van der Waals surface area contributed by atoms with Crippen LogP contribution in [0.4, 0.5) is 20.4 Å². The van der Waals surface area contributed by atoms with Crippen LogP contribution >= 0.6 is 0 Å². The number of fused-ring (bicyclic) bond motifs is 1. The largest absolute Gasteiger partial charge is 0.478 e. The molecule has 1 saturated heterocycles. The zero-order valence-corrected chi connectivity index (χ0v) is 16.5. The molecule has 1 fully saturated rings. The number of hydrogen-bond donors (Lipinski definition) is 2. The topological polar surface area (TPSA) is 92.0 Å².